The van der Waals surface area contributed by atoms with Gasteiger partial charge < -0.3 is 18.9 Å². The van der Waals surface area contributed by atoms with Crippen LogP contribution in [-0.4, -0.2) is 37.7 Å². The normalized spacial score (nSPS) is 23.2. The van der Waals surface area contributed by atoms with Crippen LogP contribution >= 0.6 is 11.8 Å². The molecule has 1 amide bonds. The fourth-order valence-corrected chi connectivity index (χ4v) is 9.99. The second-order valence-corrected chi connectivity index (χ2v) is 15.6. The molecule has 8 nitrogen and oxygen atoms in total. The number of piperidine rings is 1. The molecule has 2 bridgehead atoms. The van der Waals surface area contributed by atoms with Crippen molar-refractivity contribution in [2.45, 2.75) is 107 Å². The minimum Gasteiger partial charge on any atom is -0.494 e. The van der Waals surface area contributed by atoms with E-state index < -0.39 is 33.4 Å². The van der Waals surface area contributed by atoms with Gasteiger partial charge in [0.05, 0.1) is 19.8 Å². The van der Waals surface area contributed by atoms with E-state index in [9.17, 15) is 9.59 Å². The van der Waals surface area contributed by atoms with Crippen LogP contribution in [0.2, 0.25) is 0 Å². The van der Waals surface area contributed by atoms with Gasteiger partial charge in [0.1, 0.15) is 38.7 Å². The molecule has 3 aromatic carbocycles. The van der Waals surface area contributed by atoms with Crippen molar-refractivity contribution in [3.8, 4) is 17.2 Å². The maximum Gasteiger partial charge on any atom is 0.321 e. The summed E-state index contributed by atoms with van der Waals surface area (Å²) >= 11 is 1.38. The third kappa shape index (κ3) is 7.30. The zero-order valence-electron chi connectivity index (χ0n) is 30.9. The average Bonchev–Trinajstić information content (AvgIpc) is 3.76. The van der Waals surface area contributed by atoms with Crippen molar-refractivity contribution in [1.82, 2.24) is 0 Å². The number of nitrogens with zero attached hydrogens (tertiary/aromatic N) is 1. The molecular formula is C43H53NO7S. The molecule has 4 atom stereocenters. The maximum atomic E-state index is 15.2. The van der Waals surface area contributed by atoms with Gasteiger partial charge in [0.2, 0.25) is 5.91 Å². The van der Waals surface area contributed by atoms with Crippen molar-refractivity contribution < 1.29 is 33.3 Å². The van der Waals surface area contributed by atoms with Gasteiger partial charge in [0, 0.05) is 5.69 Å². The van der Waals surface area contributed by atoms with E-state index in [0.717, 1.165) is 63.4 Å². The number of esters is 2. The second kappa shape index (κ2) is 17.2. The van der Waals surface area contributed by atoms with Gasteiger partial charge >= 0.3 is 11.9 Å². The van der Waals surface area contributed by atoms with Crippen LogP contribution in [-0.2, 0) is 28.7 Å². The van der Waals surface area contributed by atoms with E-state index in [4.69, 9.17) is 18.9 Å². The highest BCUT2D eigenvalue weighted by Crippen LogP contribution is 2.75. The lowest BCUT2D eigenvalue weighted by Crippen LogP contribution is -2.58. The van der Waals surface area contributed by atoms with Gasteiger partial charge in [-0.05, 0) is 78.9 Å². The molecule has 3 fully saturated rings. The third-order valence-electron chi connectivity index (χ3n) is 10.5. The molecule has 0 N–H and O–H groups in total. The topological polar surface area (TPSA) is 91.4 Å². The highest BCUT2D eigenvalue weighted by molar-refractivity contribution is 8.03. The molecule has 52 heavy (non-hydrogen) atoms. The molecule has 0 spiro atoms. The smallest absolute Gasteiger partial charge is 0.321 e. The third-order valence-corrected chi connectivity index (χ3v) is 12.5. The monoisotopic (exact) mass is 727 g/mol. The van der Waals surface area contributed by atoms with E-state index in [0.29, 0.717) is 48.3 Å². The molecule has 0 aromatic heterocycles. The number of anilines is 1. The first-order valence-corrected chi connectivity index (χ1v) is 20.2. The molecule has 3 aliphatic rings. The van der Waals surface area contributed by atoms with Gasteiger partial charge in [-0.15, -0.1) is 11.8 Å². The minimum absolute atomic E-state index is 0.261. The molecule has 278 valence electrons. The van der Waals surface area contributed by atoms with Crippen LogP contribution in [0.4, 0.5) is 5.69 Å². The van der Waals surface area contributed by atoms with Crippen molar-refractivity contribution in [1.29, 1.82) is 0 Å². The van der Waals surface area contributed by atoms with Crippen LogP contribution in [0.5, 0.6) is 17.2 Å². The van der Waals surface area contributed by atoms with E-state index >= 15 is 4.79 Å². The van der Waals surface area contributed by atoms with Crippen molar-refractivity contribution in [2.24, 2.45) is 11.8 Å². The van der Waals surface area contributed by atoms with Gasteiger partial charge in [-0.3, -0.25) is 19.3 Å². The second-order valence-electron chi connectivity index (χ2n) is 14.1. The number of benzene rings is 3. The number of ether oxygens (including phenoxy) is 4. The fourth-order valence-electron chi connectivity index (χ4n) is 7.81. The van der Waals surface area contributed by atoms with Gasteiger partial charge in [0.25, 0.3) is 0 Å². The number of carbonyl (C=O) groups excluding carboxylic acids is 3. The molecule has 3 aliphatic heterocycles. The Morgan fingerprint density at radius 3 is 1.44 bits per heavy atom. The Bertz CT molecular complexity index is 1660. The summed E-state index contributed by atoms with van der Waals surface area (Å²) in [6.45, 7) is 8.39. The first-order chi connectivity index (χ1) is 25.4. The van der Waals surface area contributed by atoms with Crippen LogP contribution in [0.3, 0.4) is 0 Å². The minimum atomic E-state index is -1.39. The number of thioether (sulfide) groups is 1. The zero-order chi connectivity index (χ0) is 36.6. The number of carbonyl (C=O) groups is 3. The molecule has 4 unspecified atom stereocenters. The first-order valence-electron chi connectivity index (χ1n) is 19.4. The molecule has 3 aromatic rings. The Hall–Kier alpha value is -3.98. The number of hydrogen-bond acceptors (Lipinski definition) is 8. The van der Waals surface area contributed by atoms with Crippen molar-refractivity contribution in [2.75, 3.05) is 24.7 Å². The number of hydrogen-bond donors (Lipinski definition) is 0. The Kier molecular flexibility index (Phi) is 12.5. The maximum absolute atomic E-state index is 15.2. The molecular weight excluding hydrogens is 675 g/mol. The zero-order valence-corrected chi connectivity index (χ0v) is 31.7. The van der Waals surface area contributed by atoms with E-state index in [1.165, 1.54) is 31.0 Å². The van der Waals surface area contributed by atoms with Crippen LogP contribution in [0.25, 0.3) is 0 Å². The summed E-state index contributed by atoms with van der Waals surface area (Å²) in [6, 6.07) is 22.6. The molecule has 0 saturated carbocycles. The molecule has 9 heteroatoms. The first kappa shape index (κ1) is 37.8. The number of unbranched alkanes of at least 4 members (excludes halogenated alkanes) is 9. The van der Waals surface area contributed by atoms with E-state index in [1.807, 2.05) is 72.8 Å². The molecule has 6 rings (SSSR count). The van der Waals surface area contributed by atoms with Crippen LogP contribution in [0.1, 0.15) is 109 Å². The van der Waals surface area contributed by atoms with Gasteiger partial charge in [-0.25, -0.2) is 0 Å². The Balaban J connectivity index is 1.36. The van der Waals surface area contributed by atoms with E-state index in [2.05, 4.69) is 20.8 Å². The van der Waals surface area contributed by atoms with Crippen molar-refractivity contribution in [3.63, 3.8) is 0 Å². The summed E-state index contributed by atoms with van der Waals surface area (Å²) in [5.41, 5.74) is 1.99. The van der Waals surface area contributed by atoms with E-state index in [-0.39, 0.29) is 5.91 Å². The van der Waals surface area contributed by atoms with Crippen LogP contribution < -0.4 is 19.1 Å². The quantitative estimate of drug-likeness (QED) is 0.0609. The number of rotatable bonds is 21. The highest BCUT2D eigenvalue weighted by atomic mass is 32.2. The highest BCUT2D eigenvalue weighted by Gasteiger charge is 2.82. The molecule has 0 aliphatic carbocycles. The molecule has 0 radical (unpaired) electrons. The Morgan fingerprint density at radius 2 is 0.981 bits per heavy atom. The summed E-state index contributed by atoms with van der Waals surface area (Å²) in [5.74, 6) is -1.32. The summed E-state index contributed by atoms with van der Waals surface area (Å²) < 4.78 is 22.1. The number of cyclic esters (lactones) is 2. The summed E-state index contributed by atoms with van der Waals surface area (Å²) in [4.78, 5) is 43.1. The fraction of sp³-hybridized carbons (Fsp3) is 0.512. The van der Waals surface area contributed by atoms with Crippen LogP contribution in [0.15, 0.2) is 72.8 Å². The van der Waals surface area contributed by atoms with E-state index in [1.54, 1.807) is 4.90 Å². The van der Waals surface area contributed by atoms with Crippen molar-refractivity contribution >= 4 is 35.3 Å². The number of amides is 1. The predicted molar refractivity (Wildman–Crippen MR) is 205 cm³/mol. The molecule has 3 heterocycles. The molecule has 3 saturated heterocycles. The lowest BCUT2D eigenvalue weighted by Gasteiger charge is -2.42. The lowest BCUT2D eigenvalue weighted by molar-refractivity contribution is -0.154. The number of fused-ring (bicyclic) bond motifs is 5. The standard InChI is InChI=1S/C43H53NO7S/c1-4-7-10-13-28-48-34-22-16-31(17-23-34)42-37-38(40(46)51-39(37)45)43(52-42,32-18-24-35(25-19-32)49-29-14-11-8-5-2)44(41(42)47)33-20-26-36(27-21-33)50-30-15-12-9-6-3/h16-27,37-38H,4-15,28-30H2,1-3H3. The largest absolute Gasteiger partial charge is 0.494 e. The summed E-state index contributed by atoms with van der Waals surface area (Å²) in [5, 5.41) is 0. The van der Waals surface area contributed by atoms with Crippen LogP contribution in [0, 0.1) is 11.8 Å². The average molecular weight is 728 g/mol. The van der Waals surface area contributed by atoms with Crippen molar-refractivity contribution in [3.05, 3.63) is 83.9 Å². The Labute approximate surface area is 312 Å². The summed E-state index contributed by atoms with van der Waals surface area (Å²) in [6.07, 6.45) is 13.2. The summed E-state index contributed by atoms with van der Waals surface area (Å²) in [7, 11) is 0. The van der Waals surface area contributed by atoms with Gasteiger partial charge in [-0.1, -0.05) is 103 Å². The predicted octanol–water partition coefficient (Wildman–Crippen LogP) is 9.72. The van der Waals surface area contributed by atoms with Gasteiger partial charge in [0.15, 0.2) is 0 Å². The van der Waals surface area contributed by atoms with Gasteiger partial charge in [-0.2, -0.15) is 0 Å². The SMILES string of the molecule is CCCCCCOc1ccc(N2C(=O)C3(c4ccc(OCCCCCC)cc4)SC2(c2ccc(OCCCCCC)cc2)C2C(=O)OC(=O)C23)cc1. The lowest BCUT2D eigenvalue weighted by atomic mass is 9.69. The Morgan fingerprint density at radius 1 is 0.558 bits per heavy atom.